The lowest BCUT2D eigenvalue weighted by atomic mass is 10.1. The van der Waals surface area contributed by atoms with E-state index in [0.717, 1.165) is 46.6 Å². The average molecular weight is 349 g/mol. The molecule has 2 rings (SSSR count). The highest BCUT2D eigenvalue weighted by molar-refractivity contribution is 9.10. The fourth-order valence-electron chi connectivity index (χ4n) is 2.14. The number of nitrogen functional groups attached to an aromatic ring is 1. The Morgan fingerprint density at radius 3 is 2.67 bits per heavy atom. The Labute approximate surface area is 134 Å². The molecular formula is C16H21BrN4. The highest BCUT2D eigenvalue weighted by Gasteiger charge is 2.10. The van der Waals surface area contributed by atoms with Crippen LogP contribution in [0.25, 0.3) is 0 Å². The third-order valence-electron chi connectivity index (χ3n) is 3.40. The van der Waals surface area contributed by atoms with Gasteiger partial charge in [0.25, 0.3) is 0 Å². The third-order valence-corrected chi connectivity index (χ3v) is 3.90. The van der Waals surface area contributed by atoms with Crippen LogP contribution in [0.15, 0.2) is 22.7 Å². The first-order valence-corrected chi connectivity index (χ1v) is 8.02. The SMILES string of the molecule is CCCc1nc(N)c(C)c(Nc2ccc(Br)cc2CC)n1. The molecule has 0 fully saturated rings. The lowest BCUT2D eigenvalue weighted by Gasteiger charge is -2.14. The predicted molar refractivity (Wildman–Crippen MR) is 92.0 cm³/mol. The molecule has 0 aliphatic carbocycles. The van der Waals surface area contributed by atoms with E-state index in [1.165, 1.54) is 5.56 Å². The van der Waals surface area contributed by atoms with Crippen molar-refractivity contribution in [1.29, 1.82) is 0 Å². The van der Waals surface area contributed by atoms with Gasteiger partial charge >= 0.3 is 0 Å². The molecule has 3 N–H and O–H groups in total. The number of rotatable bonds is 5. The van der Waals surface area contributed by atoms with E-state index in [0.29, 0.717) is 5.82 Å². The van der Waals surface area contributed by atoms with Crippen molar-refractivity contribution >= 4 is 33.3 Å². The van der Waals surface area contributed by atoms with Crippen LogP contribution in [0.1, 0.15) is 37.2 Å². The number of aromatic nitrogens is 2. The number of anilines is 3. The summed E-state index contributed by atoms with van der Waals surface area (Å²) < 4.78 is 1.08. The molecule has 0 saturated carbocycles. The van der Waals surface area contributed by atoms with Crippen LogP contribution >= 0.6 is 15.9 Å². The molecule has 0 unspecified atom stereocenters. The summed E-state index contributed by atoms with van der Waals surface area (Å²) in [6, 6.07) is 6.20. The smallest absolute Gasteiger partial charge is 0.139 e. The molecule has 2 aromatic rings. The number of halogens is 1. The third kappa shape index (κ3) is 3.73. The maximum absolute atomic E-state index is 6.00. The lowest BCUT2D eigenvalue weighted by molar-refractivity contribution is 0.836. The van der Waals surface area contributed by atoms with Crippen LogP contribution in [0.5, 0.6) is 0 Å². The second kappa shape index (κ2) is 6.89. The minimum atomic E-state index is 0.547. The minimum Gasteiger partial charge on any atom is -0.383 e. The van der Waals surface area contributed by atoms with Gasteiger partial charge in [-0.1, -0.05) is 29.8 Å². The van der Waals surface area contributed by atoms with Crippen LogP contribution < -0.4 is 11.1 Å². The average Bonchev–Trinajstić information content (AvgIpc) is 2.46. The molecule has 1 heterocycles. The molecule has 112 valence electrons. The van der Waals surface area contributed by atoms with Gasteiger partial charge in [0, 0.05) is 22.1 Å². The Hall–Kier alpha value is -1.62. The topological polar surface area (TPSA) is 63.8 Å². The van der Waals surface area contributed by atoms with Gasteiger partial charge in [0.15, 0.2) is 0 Å². The van der Waals surface area contributed by atoms with E-state index in [-0.39, 0.29) is 0 Å². The van der Waals surface area contributed by atoms with Gasteiger partial charge in [0.05, 0.1) is 0 Å². The second-order valence-corrected chi connectivity index (χ2v) is 5.94. The summed E-state index contributed by atoms with van der Waals surface area (Å²) in [7, 11) is 0. The van der Waals surface area contributed by atoms with Crippen molar-refractivity contribution in [2.24, 2.45) is 0 Å². The summed E-state index contributed by atoms with van der Waals surface area (Å²) in [5.41, 5.74) is 9.18. The quantitative estimate of drug-likeness (QED) is 0.840. The van der Waals surface area contributed by atoms with Crippen LogP contribution in [0.3, 0.4) is 0 Å². The van der Waals surface area contributed by atoms with Crippen LogP contribution in [-0.4, -0.2) is 9.97 Å². The summed E-state index contributed by atoms with van der Waals surface area (Å²) in [6.45, 7) is 6.19. The maximum atomic E-state index is 6.00. The molecule has 0 radical (unpaired) electrons. The van der Waals surface area contributed by atoms with Crippen molar-refractivity contribution in [1.82, 2.24) is 9.97 Å². The Kier molecular flexibility index (Phi) is 5.17. The monoisotopic (exact) mass is 348 g/mol. The van der Waals surface area contributed by atoms with Crippen LogP contribution in [0.2, 0.25) is 0 Å². The summed E-state index contributed by atoms with van der Waals surface area (Å²) in [5.74, 6) is 2.13. The van der Waals surface area contributed by atoms with Crippen LogP contribution in [-0.2, 0) is 12.8 Å². The van der Waals surface area contributed by atoms with Gasteiger partial charge < -0.3 is 11.1 Å². The summed E-state index contributed by atoms with van der Waals surface area (Å²) >= 11 is 3.51. The Balaban J connectivity index is 2.39. The second-order valence-electron chi connectivity index (χ2n) is 5.03. The first-order valence-electron chi connectivity index (χ1n) is 7.23. The van der Waals surface area contributed by atoms with Gasteiger partial charge in [-0.15, -0.1) is 0 Å². The van der Waals surface area contributed by atoms with Gasteiger partial charge in [-0.2, -0.15) is 0 Å². The zero-order valence-corrected chi connectivity index (χ0v) is 14.3. The number of benzene rings is 1. The van der Waals surface area contributed by atoms with E-state index >= 15 is 0 Å². The van der Waals surface area contributed by atoms with E-state index in [1.807, 2.05) is 13.0 Å². The molecule has 1 aromatic carbocycles. The number of hydrogen-bond donors (Lipinski definition) is 2. The van der Waals surface area contributed by atoms with E-state index in [9.17, 15) is 0 Å². The lowest BCUT2D eigenvalue weighted by Crippen LogP contribution is -2.07. The summed E-state index contributed by atoms with van der Waals surface area (Å²) in [6.07, 6.45) is 2.78. The molecule has 4 nitrogen and oxygen atoms in total. The van der Waals surface area contributed by atoms with Crippen LogP contribution in [0, 0.1) is 6.92 Å². The number of nitrogens with zero attached hydrogens (tertiary/aromatic N) is 2. The first kappa shape index (κ1) is 15.8. The number of nitrogens with two attached hydrogens (primary N) is 1. The van der Waals surface area contributed by atoms with Crippen LogP contribution in [0.4, 0.5) is 17.3 Å². The van der Waals surface area contributed by atoms with Crippen molar-refractivity contribution in [2.75, 3.05) is 11.1 Å². The van der Waals surface area contributed by atoms with E-state index in [2.05, 4.69) is 57.2 Å². The van der Waals surface area contributed by atoms with Gasteiger partial charge in [-0.25, -0.2) is 9.97 Å². The Bertz CT molecular complexity index is 640. The molecule has 0 bridgehead atoms. The van der Waals surface area contributed by atoms with E-state index in [1.54, 1.807) is 0 Å². The van der Waals surface area contributed by atoms with Crippen molar-refractivity contribution in [3.05, 3.63) is 39.6 Å². The summed E-state index contributed by atoms with van der Waals surface area (Å²) in [4.78, 5) is 8.94. The zero-order chi connectivity index (χ0) is 15.4. The molecule has 0 amide bonds. The Morgan fingerprint density at radius 2 is 2.00 bits per heavy atom. The first-order chi connectivity index (χ1) is 10.0. The number of hydrogen-bond acceptors (Lipinski definition) is 4. The molecule has 0 saturated heterocycles. The van der Waals surface area contributed by atoms with Gasteiger partial charge in [0.1, 0.15) is 17.5 Å². The Morgan fingerprint density at radius 1 is 1.24 bits per heavy atom. The minimum absolute atomic E-state index is 0.547. The van der Waals surface area contributed by atoms with E-state index in [4.69, 9.17) is 5.73 Å². The molecule has 5 heteroatoms. The van der Waals surface area contributed by atoms with Gasteiger partial charge in [-0.05, 0) is 43.5 Å². The van der Waals surface area contributed by atoms with Crippen molar-refractivity contribution in [3.8, 4) is 0 Å². The normalized spacial score (nSPS) is 10.7. The predicted octanol–water partition coefficient (Wildman–Crippen LogP) is 4.39. The summed E-state index contributed by atoms with van der Waals surface area (Å²) in [5, 5.41) is 3.41. The fourth-order valence-corrected chi connectivity index (χ4v) is 2.55. The molecule has 21 heavy (non-hydrogen) atoms. The highest BCUT2D eigenvalue weighted by atomic mass is 79.9. The molecule has 0 atom stereocenters. The number of nitrogens with one attached hydrogen (secondary N) is 1. The largest absolute Gasteiger partial charge is 0.383 e. The zero-order valence-electron chi connectivity index (χ0n) is 12.7. The van der Waals surface area contributed by atoms with Crippen molar-refractivity contribution < 1.29 is 0 Å². The molecule has 0 aliphatic rings. The molecule has 1 aromatic heterocycles. The van der Waals surface area contributed by atoms with Crippen molar-refractivity contribution in [2.45, 2.75) is 40.0 Å². The molecule has 0 spiro atoms. The standard InChI is InChI=1S/C16H21BrN4/c1-4-6-14-20-15(18)10(3)16(21-14)19-13-8-7-12(17)9-11(13)5-2/h7-9H,4-6H2,1-3H3,(H3,18,19,20,21). The van der Waals surface area contributed by atoms with E-state index < -0.39 is 0 Å². The molecule has 0 aliphatic heterocycles. The number of aryl methyl sites for hydroxylation is 2. The highest BCUT2D eigenvalue weighted by Crippen LogP contribution is 2.27. The molecular weight excluding hydrogens is 328 g/mol. The fraction of sp³-hybridized carbons (Fsp3) is 0.375. The van der Waals surface area contributed by atoms with Gasteiger partial charge in [-0.3, -0.25) is 0 Å². The van der Waals surface area contributed by atoms with Crippen molar-refractivity contribution in [3.63, 3.8) is 0 Å². The van der Waals surface area contributed by atoms with Gasteiger partial charge in [0.2, 0.25) is 0 Å². The maximum Gasteiger partial charge on any atom is 0.139 e.